The number of hydrogen-bond acceptors (Lipinski definition) is 4. The van der Waals surface area contributed by atoms with Crippen LogP contribution in [0.1, 0.15) is 26.2 Å². The van der Waals surface area contributed by atoms with Gasteiger partial charge in [-0.05, 0) is 38.4 Å². The Balaban J connectivity index is 2.04. The Morgan fingerprint density at radius 2 is 2.29 bits per heavy atom. The van der Waals surface area contributed by atoms with Crippen LogP contribution in [0.15, 0.2) is 18.2 Å². The lowest BCUT2D eigenvalue weighted by molar-refractivity contribution is -0.383. The molecule has 0 saturated carbocycles. The Bertz CT molecular complexity index is 550. The average molecular weight is 312 g/mol. The lowest BCUT2D eigenvalue weighted by Crippen LogP contribution is -2.42. The van der Waals surface area contributed by atoms with Crippen LogP contribution in [0.25, 0.3) is 0 Å². The number of nitro groups is 1. The molecule has 1 fully saturated rings. The van der Waals surface area contributed by atoms with Crippen LogP contribution in [0, 0.1) is 10.1 Å². The molecule has 21 heavy (non-hydrogen) atoms. The molecule has 0 unspecified atom stereocenters. The number of rotatable bonds is 4. The van der Waals surface area contributed by atoms with Gasteiger partial charge in [-0.25, -0.2) is 0 Å². The minimum absolute atomic E-state index is 0.180. The molecule has 1 aromatic carbocycles. The Morgan fingerprint density at radius 1 is 1.52 bits per heavy atom. The first kappa shape index (κ1) is 15.7. The number of halogens is 1. The Morgan fingerprint density at radius 3 is 2.95 bits per heavy atom. The summed E-state index contributed by atoms with van der Waals surface area (Å²) in [7, 11) is 0. The van der Waals surface area contributed by atoms with Crippen molar-refractivity contribution in [3.63, 3.8) is 0 Å². The Labute approximate surface area is 128 Å². The van der Waals surface area contributed by atoms with Crippen molar-refractivity contribution in [2.45, 2.75) is 32.2 Å². The quantitative estimate of drug-likeness (QED) is 0.685. The zero-order valence-corrected chi connectivity index (χ0v) is 12.6. The predicted octanol–water partition coefficient (Wildman–Crippen LogP) is 3.06. The molecule has 1 saturated heterocycles. The highest BCUT2D eigenvalue weighted by molar-refractivity contribution is 6.31. The van der Waals surface area contributed by atoms with Gasteiger partial charge in [0, 0.05) is 17.1 Å². The molecule has 1 aromatic rings. The van der Waals surface area contributed by atoms with Gasteiger partial charge in [0.15, 0.2) is 0 Å². The second-order valence-corrected chi connectivity index (χ2v) is 5.72. The maximum absolute atomic E-state index is 12.1. The van der Waals surface area contributed by atoms with Gasteiger partial charge >= 0.3 is 0 Å². The van der Waals surface area contributed by atoms with E-state index in [1.807, 2.05) is 0 Å². The molecule has 0 bridgehead atoms. The van der Waals surface area contributed by atoms with Crippen molar-refractivity contribution in [3.05, 3.63) is 33.3 Å². The number of nitrogens with zero attached hydrogens (tertiary/aromatic N) is 2. The van der Waals surface area contributed by atoms with E-state index >= 15 is 0 Å². The summed E-state index contributed by atoms with van der Waals surface area (Å²) in [5.41, 5.74) is -0.0124. The number of piperidine rings is 1. The molecule has 0 aliphatic carbocycles. The number of hydrogen-bond donors (Lipinski definition) is 1. The van der Waals surface area contributed by atoms with Gasteiger partial charge in [0.25, 0.3) is 5.69 Å². The number of nitrogens with one attached hydrogen (secondary N) is 1. The third-order valence-electron chi connectivity index (χ3n) is 3.72. The maximum Gasteiger partial charge on any atom is 0.294 e. The van der Waals surface area contributed by atoms with Crippen LogP contribution in [0.3, 0.4) is 0 Å². The second kappa shape index (κ2) is 6.87. The van der Waals surface area contributed by atoms with Gasteiger partial charge in [0.2, 0.25) is 5.91 Å². The van der Waals surface area contributed by atoms with E-state index in [4.69, 9.17) is 11.6 Å². The predicted molar refractivity (Wildman–Crippen MR) is 81.6 cm³/mol. The average Bonchev–Trinajstić information content (AvgIpc) is 2.43. The first-order chi connectivity index (χ1) is 9.97. The third-order valence-corrected chi connectivity index (χ3v) is 3.95. The zero-order valence-electron chi connectivity index (χ0n) is 11.8. The lowest BCUT2D eigenvalue weighted by atomic mass is 10.0. The molecule has 1 heterocycles. The second-order valence-electron chi connectivity index (χ2n) is 5.28. The van der Waals surface area contributed by atoms with Gasteiger partial charge in [-0.3, -0.25) is 19.8 Å². The Hall–Kier alpha value is -1.66. The summed E-state index contributed by atoms with van der Waals surface area (Å²) in [6.45, 7) is 3.23. The molecule has 1 atom stereocenters. The fraction of sp³-hybridized carbons (Fsp3) is 0.500. The van der Waals surface area contributed by atoms with Crippen molar-refractivity contribution >= 4 is 28.9 Å². The molecule has 0 radical (unpaired) electrons. The van der Waals surface area contributed by atoms with Gasteiger partial charge in [0.05, 0.1) is 11.5 Å². The minimum atomic E-state index is -0.551. The standard InChI is InChI=1S/C14H18ClN3O3/c1-10-4-2-3-7-17(10)9-14(19)16-12-6-5-11(15)8-13(12)18(20)21/h5-6,8,10H,2-4,7,9H2,1H3,(H,16,19)/t10-/m1/s1. The van der Waals surface area contributed by atoms with Gasteiger partial charge in [-0.1, -0.05) is 18.0 Å². The Kier molecular flexibility index (Phi) is 5.14. The minimum Gasteiger partial charge on any atom is -0.319 e. The lowest BCUT2D eigenvalue weighted by Gasteiger charge is -2.32. The van der Waals surface area contributed by atoms with E-state index in [0.717, 1.165) is 19.4 Å². The van der Waals surface area contributed by atoms with Crippen molar-refractivity contribution in [1.82, 2.24) is 4.90 Å². The molecule has 2 rings (SSSR count). The number of carbonyl (C=O) groups is 1. The fourth-order valence-corrected chi connectivity index (χ4v) is 2.69. The summed E-state index contributed by atoms with van der Waals surface area (Å²) in [6, 6.07) is 4.58. The van der Waals surface area contributed by atoms with E-state index in [1.165, 1.54) is 24.6 Å². The zero-order chi connectivity index (χ0) is 15.4. The highest BCUT2D eigenvalue weighted by Gasteiger charge is 2.22. The highest BCUT2D eigenvalue weighted by Crippen LogP contribution is 2.27. The van der Waals surface area contributed by atoms with Crippen LogP contribution >= 0.6 is 11.6 Å². The number of carbonyl (C=O) groups excluding carboxylic acids is 1. The molecule has 1 N–H and O–H groups in total. The maximum atomic E-state index is 12.1. The molecule has 0 spiro atoms. The summed E-state index contributed by atoms with van der Waals surface area (Å²) in [4.78, 5) is 24.6. The highest BCUT2D eigenvalue weighted by atomic mass is 35.5. The fourth-order valence-electron chi connectivity index (χ4n) is 2.53. The molecule has 0 aromatic heterocycles. The van der Waals surface area contributed by atoms with Crippen LogP contribution in [-0.4, -0.2) is 34.9 Å². The van der Waals surface area contributed by atoms with E-state index in [0.29, 0.717) is 6.04 Å². The summed E-state index contributed by atoms with van der Waals surface area (Å²) in [6.07, 6.45) is 3.34. The van der Waals surface area contributed by atoms with Crippen molar-refractivity contribution in [2.24, 2.45) is 0 Å². The van der Waals surface area contributed by atoms with Gasteiger partial charge < -0.3 is 5.32 Å². The van der Waals surface area contributed by atoms with E-state index in [-0.39, 0.29) is 28.8 Å². The van der Waals surface area contributed by atoms with Crippen molar-refractivity contribution in [1.29, 1.82) is 0 Å². The van der Waals surface area contributed by atoms with Gasteiger partial charge in [-0.15, -0.1) is 0 Å². The molecule has 1 aliphatic rings. The number of amides is 1. The van der Waals surface area contributed by atoms with E-state index in [9.17, 15) is 14.9 Å². The van der Waals surface area contributed by atoms with E-state index in [1.54, 1.807) is 0 Å². The molecule has 1 aliphatic heterocycles. The first-order valence-electron chi connectivity index (χ1n) is 6.95. The largest absolute Gasteiger partial charge is 0.319 e. The molecule has 1 amide bonds. The van der Waals surface area contributed by atoms with E-state index in [2.05, 4.69) is 17.1 Å². The summed E-state index contributed by atoms with van der Waals surface area (Å²) in [5.74, 6) is -0.242. The number of anilines is 1. The van der Waals surface area contributed by atoms with Crippen LogP contribution < -0.4 is 5.32 Å². The van der Waals surface area contributed by atoms with Crippen molar-refractivity contribution in [2.75, 3.05) is 18.4 Å². The van der Waals surface area contributed by atoms with E-state index < -0.39 is 4.92 Å². The number of benzene rings is 1. The summed E-state index contributed by atoms with van der Waals surface area (Å²) in [5, 5.41) is 13.9. The molecule has 7 heteroatoms. The number of likely N-dealkylation sites (tertiary alicyclic amines) is 1. The molecule has 6 nitrogen and oxygen atoms in total. The smallest absolute Gasteiger partial charge is 0.294 e. The normalized spacial score (nSPS) is 19.2. The van der Waals surface area contributed by atoms with Crippen LogP contribution in [0.2, 0.25) is 5.02 Å². The SMILES string of the molecule is C[C@@H]1CCCCN1CC(=O)Nc1ccc(Cl)cc1[N+](=O)[O-]. The molecular weight excluding hydrogens is 294 g/mol. The van der Waals surface area contributed by atoms with Crippen molar-refractivity contribution < 1.29 is 9.72 Å². The summed E-state index contributed by atoms with van der Waals surface area (Å²) >= 11 is 5.75. The molecule has 114 valence electrons. The topological polar surface area (TPSA) is 75.5 Å². The monoisotopic (exact) mass is 311 g/mol. The first-order valence-corrected chi connectivity index (χ1v) is 7.33. The van der Waals surface area contributed by atoms with Crippen LogP contribution in [0.5, 0.6) is 0 Å². The van der Waals surface area contributed by atoms with Crippen LogP contribution in [-0.2, 0) is 4.79 Å². The van der Waals surface area contributed by atoms with Crippen LogP contribution in [0.4, 0.5) is 11.4 Å². The summed E-state index contributed by atoms with van der Waals surface area (Å²) < 4.78 is 0. The van der Waals surface area contributed by atoms with Gasteiger partial charge in [0.1, 0.15) is 5.69 Å². The van der Waals surface area contributed by atoms with Gasteiger partial charge in [-0.2, -0.15) is 0 Å². The number of nitro benzene ring substituents is 1. The van der Waals surface area contributed by atoms with Crippen molar-refractivity contribution in [3.8, 4) is 0 Å². The third kappa shape index (κ3) is 4.15. The molecular formula is C14H18ClN3O3.